The van der Waals surface area contributed by atoms with Gasteiger partial charge in [0.1, 0.15) is 0 Å². The van der Waals surface area contributed by atoms with Crippen molar-refractivity contribution in [1.82, 2.24) is 8.18 Å². The second-order valence-corrected chi connectivity index (χ2v) is 5.41. The number of halogens is 1. The summed E-state index contributed by atoms with van der Waals surface area (Å²) in [4.78, 5) is 0. The SMILES string of the molecule is CN(O)CC1[I-]N1C. The van der Waals surface area contributed by atoms with Gasteiger partial charge in [-0.2, -0.15) is 0 Å². The fourth-order valence-electron chi connectivity index (χ4n) is 0.514. The molecular weight excluding hydrogens is 219 g/mol. The quantitative estimate of drug-likeness (QED) is 0.133. The van der Waals surface area contributed by atoms with Gasteiger partial charge in [0, 0.05) is 0 Å². The summed E-state index contributed by atoms with van der Waals surface area (Å²) < 4.78 is 3.01. The zero-order valence-electron chi connectivity index (χ0n) is 5.00. The Morgan fingerprint density at radius 2 is 2.38 bits per heavy atom. The first-order chi connectivity index (χ1) is 3.70. The Balaban J connectivity index is 2.05. The van der Waals surface area contributed by atoms with E-state index in [0.29, 0.717) is 25.5 Å². The Bertz CT molecular complexity index is 88.1. The van der Waals surface area contributed by atoms with E-state index in [2.05, 4.69) is 10.2 Å². The van der Waals surface area contributed by atoms with Crippen LogP contribution in [0, 0.1) is 0 Å². The van der Waals surface area contributed by atoms with Gasteiger partial charge in [0.25, 0.3) is 0 Å². The van der Waals surface area contributed by atoms with E-state index < -0.39 is 0 Å². The summed E-state index contributed by atoms with van der Waals surface area (Å²) in [5.41, 5.74) is 0. The van der Waals surface area contributed by atoms with Crippen LogP contribution in [-0.2, 0) is 0 Å². The van der Waals surface area contributed by atoms with Crippen LogP contribution in [0.25, 0.3) is 0 Å². The van der Waals surface area contributed by atoms with Crippen LogP contribution < -0.4 is 21.5 Å². The molecule has 1 N–H and O–H groups in total. The molecule has 8 heavy (non-hydrogen) atoms. The van der Waals surface area contributed by atoms with Gasteiger partial charge in [-0.05, 0) is 0 Å². The van der Waals surface area contributed by atoms with Crippen LogP contribution in [0.4, 0.5) is 0 Å². The number of rotatable bonds is 2. The summed E-state index contributed by atoms with van der Waals surface area (Å²) in [6.07, 6.45) is 0. The summed E-state index contributed by atoms with van der Waals surface area (Å²) in [6.45, 7) is 0.823. The summed E-state index contributed by atoms with van der Waals surface area (Å²) >= 11 is 0.309. The number of hydrogen-bond donors (Lipinski definition) is 1. The molecule has 50 valence electrons. The predicted molar refractivity (Wildman–Crippen MR) is 26.0 cm³/mol. The second-order valence-electron chi connectivity index (χ2n) is 1.90. The third-order valence-corrected chi connectivity index (χ3v) is 3.88. The topological polar surface area (TPSA) is 26.5 Å². The van der Waals surface area contributed by atoms with Gasteiger partial charge in [-0.25, -0.2) is 0 Å². The van der Waals surface area contributed by atoms with Crippen molar-refractivity contribution in [3.05, 3.63) is 0 Å². The number of alkyl halides is 1. The van der Waals surface area contributed by atoms with Gasteiger partial charge in [-0.1, -0.05) is 0 Å². The Hall–Kier alpha value is 0.610. The zero-order valence-corrected chi connectivity index (χ0v) is 7.16. The molecule has 1 aliphatic rings. The molecule has 0 bridgehead atoms. The molecule has 0 radical (unpaired) electrons. The van der Waals surface area contributed by atoms with Crippen LogP contribution in [0.3, 0.4) is 0 Å². The summed E-state index contributed by atoms with van der Waals surface area (Å²) in [7, 11) is 3.79. The van der Waals surface area contributed by atoms with Gasteiger partial charge in [-0.3, -0.25) is 0 Å². The molecule has 1 aliphatic heterocycles. The molecule has 3 nitrogen and oxygen atoms in total. The standard InChI is InChI=1S/C4H10IN2O/c1-6(8)3-4-5-7(4)2/h4,8H,3H2,1-2H3/q-1. The third kappa shape index (κ3) is 1.85. The van der Waals surface area contributed by atoms with E-state index in [1.54, 1.807) is 7.05 Å². The summed E-state index contributed by atoms with van der Waals surface area (Å²) in [5.74, 6) is 0. The fraction of sp³-hybridized carbons (Fsp3) is 1.00. The predicted octanol–water partition coefficient (Wildman–Crippen LogP) is -3.42. The molecule has 0 aromatic rings. The van der Waals surface area contributed by atoms with Crippen LogP contribution in [-0.4, -0.2) is 38.1 Å². The van der Waals surface area contributed by atoms with E-state index in [1.165, 1.54) is 5.06 Å². The van der Waals surface area contributed by atoms with E-state index in [1.807, 2.05) is 0 Å². The Morgan fingerprint density at radius 3 is 2.50 bits per heavy atom. The molecule has 0 aliphatic carbocycles. The first kappa shape index (κ1) is 6.73. The van der Waals surface area contributed by atoms with E-state index in [4.69, 9.17) is 5.21 Å². The van der Waals surface area contributed by atoms with Crippen molar-refractivity contribution in [2.45, 2.75) is 4.05 Å². The molecule has 2 atom stereocenters. The molecule has 0 saturated carbocycles. The van der Waals surface area contributed by atoms with Gasteiger partial charge in [-0.15, -0.1) is 0 Å². The normalized spacial score (nSPS) is 37.0. The van der Waals surface area contributed by atoms with E-state index in [0.717, 1.165) is 6.54 Å². The van der Waals surface area contributed by atoms with Gasteiger partial charge < -0.3 is 0 Å². The van der Waals surface area contributed by atoms with Crippen LogP contribution in [0.5, 0.6) is 0 Å². The Labute approximate surface area is 59.8 Å². The van der Waals surface area contributed by atoms with Crippen molar-refractivity contribution in [3.63, 3.8) is 0 Å². The van der Waals surface area contributed by atoms with Crippen LogP contribution >= 0.6 is 0 Å². The van der Waals surface area contributed by atoms with Crippen molar-refractivity contribution in [3.8, 4) is 0 Å². The minimum atomic E-state index is 0.309. The first-order valence-electron chi connectivity index (χ1n) is 2.46. The molecule has 2 unspecified atom stereocenters. The molecule has 1 fully saturated rings. The van der Waals surface area contributed by atoms with Crippen molar-refractivity contribution in [1.29, 1.82) is 0 Å². The van der Waals surface area contributed by atoms with Gasteiger partial charge >= 0.3 is 59.6 Å². The molecule has 0 aromatic carbocycles. The van der Waals surface area contributed by atoms with Crippen molar-refractivity contribution in [2.24, 2.45) is 0 Å². The summed E-state index contributed by atoms with van der Waals surface area (Å²) in [6, 6.07) is 0. The molecule has 0 amide bonds. The molecule has 0 aromatic heterocycles. The number of hydrogen-bond acceptors (Lipinski definition) is 3. The maximum absolute atomic E-state index is 8.70. The minimum absolute atomic E-state index is 0.309. The van der Waals surface area contributed by atoms with Crippen molar-refractivity contribution >= 4 is 0 Å². The zero-order chi connectivity index (χ0) is 6.15. The molecule has 4 heteroatoms. The number of likely N-dealkylation sites (N-methyl/N-ethyl adjacent to an activating group) is 2. The van der Waals surface area contributed by atoms with E-state index >= 15 is 0 Å². The Kier molecular flexibility index (Phi) is 2.07. The average Bonchev–Trinajstić information content (AvgIpc) is 2.17. The van der Waals surface area contributed by atoms with Crippen molar-refractivity contribution in [2.75, 3.05) is 20.6 Å². The third-order valence-electron chi connectivity index (χ3n) is 1.03. The molecule has 1 heterocycles. The average molecular weight is 229 g/mol. The molecule has 1 rings (SSSR count). The Morgan fingerprint density at radius 1 is 1.88 bits per heavy atom. The molecular formula is C4H10IN2O-. The van der Waals surface area contributed by atoms with Crippen LogP contribution in [0.2, 0.25) is 0 Å². The second kappa shape index (κ2) is 2.47. The number of hydroxylamine groups is 2. The van der Waals surface area contributed by atoms with Gasteiger partial charge in [0.2, 0.25) is 0 Å². The first-order valence-corrected chi connectivity index (χ1v) is 4.67. The van der Waals surface area contributed by atoms with Crippen LogP contribution in [0.1, 0.15) is 0 Å². The van der Waals surface area contributed by atoms with E-state index in [9.17, 15) is 0 Å². The van der Waals surface area contributed by atoms with Gasteiger partial charge in [0.05, 0.1) is 0 Å². The van der Waals surface area contributed by atoms with Crippen LogP contribution in [0.15, 0.2) is 0 Å². The van der Waals surface area contributed by atoms with Gasteiger partial charge in [0.15, 0.2) is 0 Å². The van der Waals surface area contributed by atoms with E-state index in [-0.39, 0.29) is 0 Å². The number of nitrogens with zero attached hydrogens (tertiary/aromatic N) is 2. The molecule has 0 spiro atoms. The maximum atomic E-state index is 8.70. The summed E-state index contributed by atoms with van der Waals surface area (Å²) in [5, 5.41) is 9.96. The van der Waals surface area contributed by atoms with Crippen molar-refractivity contribution < 1.29 is 26.7 Å². The fourth-order valence-corrected chi connectivity index (χ4v) is 2.31. The molecule has 1 saturated heterocycles. The monoisotopic (exact) mass is 229 g/mol.